The van der Waals surface area contributed by atoms with E-state index < -0.39 is 15.8 Å². The number of para-hydroxylation sites is 1. The van der Waals surface area contributed by atoms with Gasteiger partial charge in [-0.15, -0.1) is 0 Å². The molecule has 19 heavy (non-hydrogen) atoms. The van der Waals surface area contributed by atoms with Crippen LogP contribution in [0.5, 0.6) is 0 Å². The molecule has 0 radical (unpaired) electrons. The van der Waals surface area contributed by atoms with Crippen LogP contribution in [0.4, 0.5) is 10.1 Å². The van der Waals surface area contributed by atoms with Crippen LogP contribution in [0.2, 0.25) is 0 Å². The zero-order valence-corrected chi connectivity index (χ0v) is 12.4. The molecule has 1 aromatic heterocycles. The number of benzene rings is 1. The molecule has 1 heterocycles. The van der Waals surface area contributed by atoms with E-state index in [4.69, 9.17) is 0 Å². The molecule has 0 fully saturated rings. The average molecular weight is 348 g/mol. The molecule has 0 spiro atoms. The lowest BCUT2D eigenvalue weighted by molar-refractivity contribution is 0.598. The largest absolute Gasteiger partial charge is 0.275 e. The first-order valence-corrected chi connectivity index (χ1v) is 7.71. The molecule has 0 unspecified atom stereocenters. The number of sulfonamides is 1. The molecule has 0 saturated heterocycles. The van der Waals surface area contributed by atoms with E-state index in [0.29, 0.717) is 11.0 Å². The second kappa shape index (κ2) is 5.30. The lowest BCUT2D eigenvalue weighted by atomic mass is 10.3. The summed E-state index contributed by atoms with van der Waals surface area (Å²) >= 11 is 3.10. The molecule has 102 valence electrons. The minimum atomic E-state index is -3.85. The number of hydrogen-bond donors (Lipinski definition) is 1. The molecule has 0 aliphatic rings. The quantitative estimate of drug-likeness (QED) is 0.924. The summed E-state index contributed by atoms with van der Waals surface area (Å²) < 4.78 is 41.8. The number of nitrogens with zero attached hydrogens (tertiary/aromatic N) is 2. The van der Waals surface area contributed by atoms with Crippen LogP contribution in [0, 0.1) is 5.82 Å². The van der Waals surface area contributed by atoms with Crippen molar-refractivity contribution >= 4 is 31.6 Å². The first-order chi connectivity index (χ1) is 8.94. The molecule has 2 rings (SSSR count). The van der Waals surface area contributed by atoms with Gasteiger partial charge in [-0.2, -0.15) is 5.10 Å². The standard InChI is InChI=1S/C11H11BrFN3O2S/c1-2-16-7-8(6-14-16)19(17,18)15-11-9(12)4-3-5-10(11)13/h3-7,15H,2H2,1H3. The van der Waals surface area contributed by atoms with Crippen molar-refractivity contribution in [3.8, 4) is 0 Å². The van der Waals surface area contributed by atoms with E-state index in [-0.39, 0.29) is 10.6 Å². The van der Waals surface area contributed by atoms with Gasteiger partial charge in [-0.05, 0) is 35.0 Å². The third-order valence-electron chi connectivity index (χ3n) is 2.44. The lowest BCUT2D eigenvalue weighted by Crippen LogP contribution is -2.14. The Hall–Kier alpha value is -1.41. The van der Waals surface area contributed by atoms with E-state index in [1.807, 2.05) is 6.92 Å². The van der Waals surface area contributed by atoms with Gasteiger partial charge in [0.2, 0.25) is 0 Å². The van der Waals surface area contributed by atoms with Crippen LogP contribution in [-0.4, -0.2) is 18.2 Å². The van der Waals surface area contributed by atoms with Crippen molar-refractivity contribution in [2.75, 3.05) is 4.72 Å². The summed E-state index contributed by atoms with van der Waals surface area (Å²) in [5.41, 5.74) is -0.119. The van der Waals surface area contributed by atoms with Gasteiger partial charge < -0.3 is 0 Å². The van der Waals surface area contributed by atoms with Crippen molar-refractivity contribution < 1.29 is 12.8 Å². The van der Waals surface area contributed by atoms with Crippen molar-refractivity contribution in [2.45, 2.75) is 18.4 Å². The minimum absolute atomic E-state index is 0.00972. The number of aryl methyl sites for hydroxylation is 1. The second-order valence-corrected chi connectivity index (χ2v) is 6.27. The van der Waals surface area contributed by atoms with Gasteiger partial charge in [-0.3, -0.25) is 9.40 Å². The van der Waals surface area contributed by atoms with E-state index in [1.54, 1.807) is 6.07 Å². The predicted octanol–water partition coefficient (Wildman–Crippen LogP) is 2.61. The Labute approximate surface area is 118 Å². The highest BCUT2D eigenvalue weighted by molar-refractivity contribution is 9.10. The highest BCUT2D eigenvalue weighted by Crippen LogP contribution is 2.27. The van der Waals surface area contributed by atoms with Crippen LogP contribution < -0.4 is 4.72 Å². The smallest absolute Gasteiger partial charge is 0.265 e. The number of hydrogen-bond acceptors (Lipinski definition) is 3. The molecule has 1 aromatic carbocycles. The normalized spacial score (nSPS) is 11.5. The maximum Gasteiger partial charge on any atom is 0.265 e. The highest BCUT2D eigenvalue weighted by atomic mass is 79.9. The third kappa shape index (κ3) is 2.95. The van der Waals surface area contributed by atoms with Crippen molar-refractivity contribution in [3.63, 3.8) is 0 Å². The number of anilines is 1. The summed E-state index contributed by atoms with van der Waals surface area (Å²) in [6.45, 7) is 2.39. The van der Waals surface area contributed by atoms with E-state index in [2.05, 4.69) is 25.8 Å². The average Bonchev–Trinajstić information content (AvgIpc) is 2.83. The molecular formula is C11H11BrFN3O2S. The third-order valence-corrected chi connectivity index (χ3v) is 4.41. The Bertz CT molecular complexity index is 679. The number of halogens is 2. The van der Waals surface area contributed by atoms with E-state index in [1.165, 1.54) is 29.2 Å². The van der Waals surface area contributed by atoms with Crippen LogP contribution in [0.25, 0.3) is 0 Å². The SMILES string of the molecule is CCn1cc(S(=O)(=O)Nc2c(F)cccc2Br)cn1. The van der Waals surface area contributed by atoms with Crippen LogP contribution >= 0.6 is 15.9 Å². The van der Waals surface area contributed by atoms with Gasteiger partial charge in [0.15, 0.2) is 0 Å². The first kappa shape index (κ1) is 14.0. The summed E-state index contributed by atoms with van der Waals surface area (Å²) in [5.74, 6) is -0.652. The molecule has 0 atom stereocenters. The topological polar surface area (TPSA) is 64.0 Å². The van der Waals surface area contributed by atoms with Crippen molar-refractivity contribution in [1.29, 1.82) is 0 Å². The van der Waals surface area contributed by atoms with Crippen molar-refractivity contribution in [2.24, 2.45) is 0 Å². The molecule has 0 saturated carbocycles. The maximum atomic E-state index is 13.6. The summed E-state index contributed by atoms with van der Waals surface area (Å²) in [6.07, 6.45) is 2.61. The highest BCUT2D eigenvalue weighted by Gasteiger charge is 2.19. The van der Waals surface area contributed by atoms with Gasteiger partial charge >= 0.3 is 0 Å². The molecule has 5 nitrogen and oxygen atoms in total. The fourth-order valence-corrected chi connectivity index (χ4v) is 3.06. The van der Waals surface area contributed by atoms with Crippen LogP contribution in [0.3, 0.4) is 0 Å². The summed E-state index contributed by atoms with van der Waals surface area (Å²) in [6, 6.07) is 4.21. The maximum absolute atomic E-state index is 13.6. The van der Waals surface area contributed by atoms with Crippen molar-refractivity contribution in [3.05, 3.63) is 40.9 Å². The number of aromatic nitrogens is 2. The summed E-state index contributed by atoms with van der Waals surface area (Å²) in [7, 11) is -3.85. The molecule has 0 bridgehead atoms. The minimum Gasteiger partial charge on any atom is -0.275 e. The fraction of sp³-hybridized carbons (Fsp3) is 0.182. The Morgan fingerprint density at radius 1 is 1.47 bits per heavy atom. The fourth-order valence-electron chi connectivity index (χ4n) is 1.44. The van der Waals surface area contributed by atoms with Gasteiger partial charge in [0.25, 0.3) is 10.0 Å². The Balaban J connectivity index is 2.36. The van der Waals surface area contributed by atoms with Gasteiger partial charge in [-0.1, -0.05) is 6.07 Å². The van der Waals surface area contributed by atoms with Crippen LogP contribution in [0.15, 0.2) is 40.0 Å². The molecule has 0 aliphatic heterocycles. The van der Waals surface area contributed by atoms with Crippen LogP contribution in [0.1, 0.15) is 6.92 Å². The second-order valence-electron chi connectivity index (χ2n) is 3.73. The lowest BCUT2D eigenvalue weighted by Gasteiger charge is -2.08. The van der Waals surface area contributed by atoms with E-state index in [0.717, 1.165) is 0 Å². The molecular weight excluding hydrogens is 337 g/mol. The van der Waals surface area contributed by atoms with Gasteiger partial charge in [-0.25, -0.2) is 12.8 Å². The monoisotopic (exact) mass is 347 g/mol. The molecule has 0 amide bonds. The van der Waals surface area contributed by atoms with E-state index in [9.17, 15) is 12.8 Å². The predicted molar refractivity (Wildman–Crippen MR) is 72.8 cm³/mol. The summed E-state index contributed by atoms with van der Waals surface area (Å²) in [5, 5.41) is 3.88. The Morgan fingerprint density at radius 2 is 2.21 bits per heavy atom. The summed E-state index contributed by atoms with van der Waals surface area (Å²) in [4.78, 5) is -0.00972. The molecule has 8 heteroatoms. The number of nitrogens with one attached hydrogen (secondary N) is 1. The molecule has 1 N–H and O–H groups in total. The zero-order chi connectivity index (χ0) is 14.0. The molecule has 2 aromatic rings. The zero-order valence-electron chi connectivity index (χ0n) is 9.97. The van der Waals surface area contributed by atoms with Crippen LogP contribution in [-0.2, 0) is 16.6 Å². The van der Waals surface area contributed by atoms with Crippen molar-refractivity contribution in [1.82, 2.24) is 9.78 Å². The molecule has 0 aliphatic carbocycles. The van der Waals surface area contributed by atoms with E-state index >= 15 is 0 Å². The first-order valence-electron chi connectivity index (χ1n) is 5.43. The van der Waals surface area contributed by atoms with Gasteiger partial charge in [0.05, 0.1) is 11.9 Å². The Kier molecular flexibility index (Phi) is 3.91. The number of rotatable bonds is 4. The van der Waals surface area contributed by atoms with Gasteiger partial charge in [0, 0.05) is 17.2 Å². The van der Waals surface area contributed by atoms with Gasteiger partial charge in [0.1, 0.15) is 10.7 Å². The Morgan fingerprint density at radius 3 is 2.79 bits per heavy atom.